The van der Waals surface area contributed by atoms with E-state index in [2.05, 4.69) is 27.0 Å². The third kappa shape index (κ3) is 4.26. The highest BCUT2D eigenvalue weighted by Crippen LogP contribution is 2.29. The molecule has 160 valence electrons. The maximum atomic E-state index is 6.01. The summed E-state index contributed by atoms with van der Waals surface area (Å²) < 4.78 is 1.75. The van der Waals surface area contributed by atoms with Crippen molar-refractivity contribution in [2.24, 2.45) is 0 Å². The highest BCUT2D eigenvalue weighted by atomic mass is 35.5. The van der Waals surface area contributed by atoms with Crippen molar-refractivity contribution in [2.45, 2.75) is 20.0 Å². The number of rotatable bonds is 6. The minimum Gasteiger partial charge on any atom is -0.339 e. The van der Waals surface area contributed by atoms with Gasteiger partial charge in [-0.05, 0) is 55.9 Å². The summed E-state index contributed by atoms with van der Waals surface area (Å²) in [5, 5.41) is 5.01. The number of nitrogens with zero attached hydrogens (tertiary/aromatic N) is 6. The lowest BCUT2D eigenvalue weighted by Crippen LogP contribution is -2.18. The van der Waals surface area contributed by atoms with E-state index in [-0.39, 0.29) is 0 Å². The molecule has 1 aromatic carbocycles. The molecule has 0 fully saturated rings. The highest BCUT2D eigenvalue weighted by molar-refractivity contribution is 6.30. The fourth-order valence-corrected chi connectivity index (χ4v) is 3.87. The molecule has 8 heteroatoms. The second-order valence-electron chi connectivity index (χ2n) is 7.85. The number of imidazole rings is 1. The predicted octanol–water partition coefficient (Wildman–Crippen LogP) is 4.78. The molecule has 0 amide bonds. The van der Waals surface area contributed by atoms with E-state index < -0.39 is 0 Å². The fraction of sp³-hybridized carbons (Fsp3) is 0.167. The van der Waals surface area contributed by atoms with E-state index in [1.165, 1.54) is 5.56 Å². The summed E-state index contributed by atoms with van der Waals surface area (Å²) in [5.74, 6) is 0.869. The number of benzene rings is 1. The molecule has 0 saturated heterocycles. The molecule has 0 saturated carbocycles. The van der Waals surface area contributed by atoms with Gasteiger partial charge >= 0.3 is 0 Å². The third-order valence-corrected chi connectivity index (χ3v) is 5.48. The average molecular weight is 444 g/mol. The molecule has 0 aliphatic carbocycles. The number of aryl methyl sites for hydroxylation is 1. The van der Waals surface area contributed by atoms with Crippen molar-refractivity contribution in [1.29, 1.82) is 0 Å². The van der Waals surface area contributed by atoms with Crippen LogP contribution in [-0.4, -0.2) is 41.5 Å². The molecule has 0 atom stereocenters. The monoisotopic (exact) mass is 443 g/mol. The Morgan fingerprint density at radius 1 is 1.00 bits per heavy atom. The van der Waals surface area contributed by atoms with Gasteiger partial charge in [-0.15, -0.1) is 0 Å². The fourth-order valence-electron chi connectivity index (χ4n) is 3.74. The van der Waals surface area contributed by atoms with Crippen LogP contribution in [0.1, 0.15) is 17.1 Å². The molecule has 32 heavy (non-hydrogen) atoms. The van der Waals surface area contributed by atoms with Crippen molar-refractivity contribution >= 4 is 17.2 Å². The van der Waals surface area contributed by atoms with Crippen LogP contribution >= 0.6 is 11.6 Å². The first kappa shape index (κ1) is 20.4. The van der Waals surface area contributed by atoms with Gasteiger partial charge in [0.2, 0.25) is 0 Å². The summed E-state index contributed by atoms with van der Waals surface area (Å²) in [6.07, 6.45) is 3.49. The van der Waals surface area contributed by atoms with Crippen molar-refractivity contribution in [3.05, 3.63) is 89.2 Å². The van der Waals surface area contributed by atoms with Gasteiger partial charge in [0.15, 0.2) is 5.65 Å². The molecule has 0 radical (unpaired) electrons. The summed E-state index contributed by atoms with van der Waals surface area (Å²) in [5.41, 5.74) is 6.49. The van der Waals surface area contributed by atoms with Gasteiger partial charge in [0.05, 0.1) is 23.6 Å². The van der Waals surface area contributed by atoms with E-state index in [1.54, 1.807) is 10.8 Å². The Balaban J connectivity index is 1.49. The Morgan fingerprint density at radius 3 is 2.66 bits per heavy atom. The van der Waals surface area contributed by atoms with Crippen LogP contribution in [0.4, 0.5) is 0 Å². The molecule has 0 bridgehead atoms. The van der Waals surface area contributed by atoms with Crippen molar-refractivity contribution in [1.82, 2.24) is 34.4 Å². The Labute approximate surface area is 190 Å². The third-order valence-electron chi connectivity index (χ3n) is 5.23. The number of fused-ring (bicyclic) bond motifs is 1. The second-order valence-corrected chi connectivity index (χ2v) is 8.29. The van der Waals surface area contributed by atoms with Crippen molar-refractivity contribution in [3.8, 4) is 22.6 Å². The maximum absolute atomic E-state index is 6.01. The largest absolute Gasteiger partial charge is 0.339 e. The second kappa shape index (κ2) is 8.53. The van der Waals surface area contributed by atoms with Gasteiger partial charge in [0, 0.05) is 29.0 Å². The summed E-state index contributed by atoms with van der Waals surface area (Å²) in [6.45, 7) is 3.44. The molecule has 5 aromatic rings. The Hall–Kier alpha value is -3.55. The number of nitrogens with one attached hydrogen (secondary N) is 1. The predicted molar refractivity (Wildman–Crippen MR) is 125 cm³/mol. The van der Waals surface area contributed by atoms with Crippen LogP contribution in [0.5, 0.6) is 0 Å². The van der Waals surface area contributed by atoms with Crippen LogP contribution in [0.25, 0.3) is 28.3 Å². The topological polar surface area (TPSA) is 75.0 Å². The summed E-state index contributed by atoms with van der Waals surface area (Å²) in [4.78, 5) is 19.6. The molecule has 5 rings (SSSR count). The first-order valence-electron chi connectivity index (χ1n) is 10.3. The zero-order chi connectivity index (χ0) is 22.1. The summed E-state index contributed by atoms with van der Waals surface area (Å²) in [6, 6.07) is 17.9. The quantitative estimate of drug-likeness (QED) is 0.409. The Bertz CT molecular complexity index is 1370. The molecule has 1 N–H and O–H groups in total. The normalized spacial score (nSPS) is 11.5. The lowest BCUT2D eigenvalue weighted by atomic mass is 10.1. The lowest BCUT2D eigenvalue weighted by molar-refractivity contribution is 0.312. The van der Waals surface area contributed by atoms with E-state index in [0.29, 0.717) is 6.54 Å². The molecule has 0 unspecified atom stereocenters. The number of pyridine rings is 2. The Morgan fingerprint density at radius 2 is 1.84 bits per heavy atom. The molecule has 7 nitrogen and oxygen atoms in total. The van der Waals surface area contributed by atoms with Crippen LogP contribution in [-0.2, 0) is 13.1 Å². The van der Waals surface area contributed by atoms with Crippen LogP contribution in [0.3, 0.4) is 0 Å². The van der Waals surface area contributed by atoms with Crippen molar-refractivity contribution < 1.29 is 0 Å². The lowest BCUT2D eigenvalue weighted by Gasteiger charge is -2.15. The molecule has 0 aliphatic heterocycles. The zero-order valence-electron chi connectivity index (χ0n) is 17.8. The first-order chi connectivity index (χ1) is 15.5. The van der Waals surface area contributed by atoms with Gasteiger partial charge in [-0.3, -0.25) is 9.88 Å². The van der Waals surface area contributed by atoms with E-state index in [1.807, 2.05) is 67.7 Å². The van der Waals surface area contributed by atoms with Crippen molar-refractivity contribution in [3.63, 3.8) is 0 Å². The standard InChI is InChI=1S/C24H22ClN7/c1-16-4-3-5-20(28-16)24-23(18-8-11-22-26-15-27-32(22)13-18)29-21(30-24)14-31(2)12-17-6-9-19(25)10-7-17/h3-11,13,15H,12,14H2,1-2H3,(H,29,30). The smallest absolute Gasteiger partial charge is 0.155 e. The maximum Gasteiger partial charge on any atom is 0.155 e. The minimum absolute atomic E-state index is 0.660. The summed E-state index contributed by atoms with van der Waals surface area (Å²) in [7, 11) is 2.07. The number of halogens is 1. The number of H-pyrrole nitrogens is 1. The number of hydrogen-bond acceptors (Lipinski definition) is 5. The molecular weight excluding hydrogens is 422 g/mol. The van der Waals surface area contributed by atoms with Crippen LogP contribution < -0.4 is 0 Å². The van der Waals surface area contributed by atoms with Gasteiger partial charge in [-0.25, -0.2) is 14.5 Å². The van der Waals surface area contributed by atoms with Crippen LogP contribution in [0, 0.1) is 6.92 Å². The number of hydrogen-bond donors (Lipinski definition) is 1. The average Bonchev–Trinajstić information content (AvgIpc) is 3.41. The van der Waals surface area contributed by atoms with Gasteiger partial charge in [0.1, 0.15) is 12.2 Å². The molecule has 4 aromatic heterocycles. The Kier molecular flexibility index (Phi) is 5.43. The van der Waals surface area contributed by atoms with Crippen LogP contribution in [0.2, 0.25) is 5.02 Å². The zero-order valence-corrected chi connectivity index (χ0v) is 18.6. The van der Waals surface area contributed by atoms with Crippen LogP contribution in [0.15, 0.2) is 67.1 Å². The number of aromatic amines is 1. The molecule has 4 heterocycles. The molecular formula is C24H22ClN7. The van der Waals surface area contributed by atoms with Gasteiger partial charge in [0.25, 0.3) is 0 Å². The molecule has 0 aliphatic rings. The van der Waals surface area contributed by atoms with Crippen molar-refractivity contribution in [2.75, 3.05) is 7.05 Å². The minimum atomic E-state index is 0.660. The SMILES string of the molecule is Cc1cccc(-c2[nH]c(CN(C)Cc3ccc(Cl)cc3)nc2-c2ccc3ncnn3c2)n1. The van der Waals surface area contributed by atoms with Gasteiger partial charge in [-0.1, -0.05) is 29.8 Å². The highest BCUT2D eigenvalue weighted by Gasteiger charge is 2.17. The molecule has 0 spiro atoms. The van der Waals surface area contributed by atoms with E-state index in [4.69, 9.17) is 21.6 Å². The van der Waals surface area contributed by atoms with E-state index in [9.17, 15) is 0 Å². The van der Waals surface area contributed by atoms with E-state index in [0.717, 1.165) is 51.4 Å². The van der Waals surface area contributed by atoms with E-state index >= 15 is 0 Å². The first-order valence-corrected chi connectivity index (χ1v) is 10.7. The van der Waals surface area contributed by atoms with Gasteiger partial charge in [-0.2, -0.15) is 5.10 Å². The summed E-state index contributed by atoms with van der Waals surface area (Å²) >= 11 is 6.01. The van der Waals surface area contributed by atoms with Gasteiger partial charge < -0.3 is 4.98 Å². The number of aromatic nitrogens is 6.